The van der Waals surface area contributed by atoms with Gasteiger partial charge in [0.1, 0.15) is 5.75 Å². The summed E-state index contributed by atoms with van der Waals surface area (Å²) < 4.78 is 11.3. The summed E-state index contributed by atoms with van der Waals surface area (Å²) >= 11 is 0. The van der Waals surface area contributed by atoms with Crippen molar-refractivity contribution in [1.82, 2.24) is 5.43 Å². The number of hydrazine groups is 1. The van der Waals surface area contributed by atoms with Crippen LogP contribution in [0.1, 0.15) is 38.2 Å². The summed E-state index contributed by atoms with van der Waals surface area (Å²) in [4.78, 5) is 0. The standard InChI is InChI=1S/C16H26N2O2/c1-11(2)16(19-3)14(18-17)10-12-8-9-20-15-7-5-4-6-13(12)15/h4-7,11-12,14,16,18H,8-10,17H2,1-3H3. The third-order valence-corrected chi connectivity index (χ3v) is 4.16. The zero-order valence-electron chi connectivity index (χ0n) is 12.6. The third kappa shape index (κ3) is 3.32. The van der Waals surface area contributed by atoms with Crippen molar-refractivity contribution in [2.75, 3.05) is 13.7 Å². The van der Waals surface area contributed by atoms with Crippen LogP contribution in [0.15, 0.2) is 24.3 Å². The lowest BCUT2D eigenvalue weighted by atomic mass is 9.84. The number of ether oxygens (including phenoxy) is 2. The summed E-state index contributed by atoms with van der Waals surface area (Å²) in [6, 6.07) is 8.44. The Kier molecular flexibility index (Phi) is 5.40. The molecule has 1 heterocycles. The molecule has 3 N–H and O–H groups in total. The van der Waals surface area contributed by atoms with E-state index in [2.05, 4.69) is 31.4 Å². The van der Waals surface area contributed by atoms with Crippen LogP contribution in [0.5, 0.6) is 5.75 Å². The van der Waals surface area contributed by atoms with Gasteiger partial charge >= 0.3 is 0 Å². The summed E-state index contributed by atoms with van der Waals surface area (Å²) in [6.45, 7) is 5.10. The van der Waals surface area contributed by atoms with Crippen LogP contribution >= 0.6 is 0 Å². The van der Waals surface area contributed by atoms with E-state index in [0.29, 0.717) is 11.8 Å². The van der Waals surface area contributed by atoms with Crippen LogP contribution in [0.25, 0.3) is 0 Å². The minimum Gasteiger partial charge on any atom is -0.493 e. The van der Waals surface area contributed by atoms with Crippen LogP contribution in [0, 0.1) is 5.92 Å². The first-order valence-corrected chi connectivity index (χ1v) is 7.38. The number of rotatable bonds is 6. The summed E-state index contributed by atoms with van der Waals surface area (Å²) in [5.41, 5.74) is 4.24. The molecule has 112 valence electrons. The number of nitrogens with two attached hydrogens (primary N) is 1. The topological polar surface area (TPSA) is 56.5 Å². The Hall–Kier alpha value is -1.10. The van der Waals surface area contributed by atoms with Crippen molar-refractivity contribution in [3.8, 4) is 5.75 Å². The summed E-state index contributed by atoms with van der Waals surface area (Å²) in [6.07, 6.45) is 2.12. The second-order valence-electron chi connectivity index (χ2n) is 5.83. The van der Waals surface area contributed by atoms with Gasteiger partial charge in [0, 0.05) is 13.2 Å². The molecular formula is C16H26N2O2. The van der Waals surface area contributed by atoms with Gasteiger partial charge in [-0.15, -0.1) is 0 Å². The molecule has 4 heteroatoms. The van der Waals surface area contributed by atoms with Crippen LogP contribution in [0.4, 0.5) is 0 Å². The van der Waals surface area contributed by atoms with Crippen molar-refractivity contribution >= 4 is 0 Å². The number of nitrogens with one attached hydrogen (secondary N) is 1. The van der Waals surface area contributed by atoms with Crippen molar-refractivity contribution in [3.05, 3.63) is 29.8 Å². The fourth-order valence-corrected chi connectivity index (χ4v) is 3.17. The normalized spacial score (nSPS) is 21.1. The van der Waals surface area contributed by atoms with Crippen molar-refractivity contribution in [1.29, 1.82) is 0 Å². The van der Waals surface area contributed by atoms with Gasteiger partial charge in [0.25, 0.3) is 0 Å². The largest absolute Gasteiger partial charge is 0.493 e. The Morgan fingerprint density at radius 2 is 2.15 bits per heavy atom. The van der Waals surface area contributed by atoms with Crippen molar-refractivity contribution in [2.24, 2.45) is 11.8 Å². The van der Waals surface area contributed by atoms with Crippen LogP contribution in [-0.2, 0) is 4.74 Å². The monoisotopic (exact) mass is 278 g/mol. The van der Waals surface area contributed by atoms with E-state index in [0.717, 1.165) is 25.2 Å². The molecule has 0 aromatic heterocycles. The molecule has 1 aliphatic heterocycles. The smallest absolute Gasteiger partial charge is 0.122 e. The number of methoxy groups -OCH3 is 1. The molecule has 1 aromatic carbocycles. The van der Waals surface area contributed by atoms with E-state index in [4.69, 9.17) is 15.3 Å². The van der Waals surface area contributed by atoms with Crippen molar-refractivity contribution in [2.45, 2.75) is 44.8 Å². The summed E-state index contributed by atoms with van der Waals surface area (Å²) in [7, 11) is 1.76. The number of hydrogen-bond donors (Lipinski definition) is 2. The lowest BCUT2D eigenvalue weighted by molar-refractivity contribution is 0.0273. The molecular weight excluding hydrogens is 252 g/mol. The number of benzene rings is 1. The molecule has 0 saturated heterocycles. The van der Waals surface area contributed by atoms with Crippen molar-refractivity contribution in [3.63, 3.8) is 0 Å². The minimum atomic E-state index is 0.120. The molecule has 0 fully saturated rings. The number of hydrogen-bond acceptors (Lipinski definition) is 4. The molecule has 0 bridgehead atoms. The molecule has 1 aliphatic rings. The van der Waals surface area contributed by atoms with Crippen LogP contribution in [0.3, 0.4) is 0 Å². The highest BCUT2D eigenvalue weighted by atomic mass is 16.5. The third-order valence-electron chi connectivity index (χ3n) is 4.16. The second kappa shape index (κ2) is 7.07. The van der Waals surface area contributed by atoms with E-state index in [1.54, 1.807) is 7.11 Å². The minimum absolute atomic E-state index is 0.120. The van der Waals surface area contributed by atoms with Gasteiger partial charge in [-0.1, -0.05) is 32.0 Å². The fourth-order valence-electron chi connectivity index (χ4n) is 3.17. The maximum absolute atomic E-state index is 5.76. The van der Waals surface area contributed by atoms with Crippen LogP contribution < -0.4 is 16.0 Å². The maximum atomic E-state index is 5.76. The molecule has 0 amide bonds. The maximum Gasteiger partial charge on any atom is 0.122 e. The zero-order chi connectivity index (χ0) is 14.5. The number of para-hydroxylation sites is 1. The first-order valence-electron chi connectivity index (χ1n) is 7.38. The molecule has 3 atom stereocenters. The van der Waals surface area contributed by atoms with E-state index in [1.165, 1.54) is 5.56 Å². The zero-order valence-corrected chi connectivity index (χ0v) is 12.6. The highest BCUT2D eigenvalue weighted by Crippen LogP contribution is 2.37. The van der Waals surface area contributed by atoms with Gasteiger partial charge in [0.2, 0.25) is 0 Å². The van der Waals surface area contributed by atoms with E-state index in [1.807, 2.05) is 12.1 Å². The molecule has 2 rings (SSSR count). The Bertz CT molecular complexity index is 423. The molecule has 0 spiro atoms. The Balaban J connectivity index is 2.12. The predicted molar refractivity (Wildman–Crippen MR) is 80.7 cm³/mol. The SMILES string of the molecule is COC(C(C)C)C(CC1CCOc2ccccc21)NN. The van der Waals surface area contributed by atoms with Gasteiger partial charge in [-0.3, -0.25) is 11.3 Å². The second-order valence-corrected chi connectivity index (χ2v) is 5.83. The highest BCUT2D eigenvalue weighted by Gasteiger charge is 2.29. The fraction of sp³-hybridized carbons (Fsp3) is 0.625. The van der Waals surface area contributed by atoms with Gasteiger partial charge in [-0.25, -0.2) is 0 Å². The molecule has 20 heavy (non-hydrogen) atoms. The Morgan fingerprint density at radius 3 is 2.80 bits per heavy atom. The van der Waals surface area contributed by atoms with E-state index in [9.17, 15) is 0 Å². The lowest BCUT2D eigenvalue weighted by Gasteiger charge is -2.33. The average molecular weight is 278 g/mol. The van der Waals surface area contributed by atoms with Crippen LogP contribution in [-0.4, -0.2) is 25.9 Å². The molecule has 0 aliphatic carbocycles. The molecule has 0 radical (unpaired) electrons. The van der Waals surface area contributed by atoms with Gasteiger partial charge in [-0.05, 0) is 36.3 Å². The summed E-state index contributed by atoms with van der Waals surface area (Å²) in [5.74, 6) is 7.67. The first-order chi connectivity index (χ1) is 9.67. The Labute approximate surface area is 121 Å². The van der Waals surface area contributed by atoms with Crippen LogP contribution in [0.2, 0.25) is 0 Å². The predicted octanol–water partition coefficient (Wildman–Crippen LogP) is 2.45. The lowest BCUT2D eigenvalue weighted by Crippen LogP contribution is -2.48. The molecule has 3 unspecified atom stereocenters. The highest BCUT2D eigenvalue weighted by molar-refractivity contribution is 5.37. The van der Waals surface area contributed by atoms with E-state index >= 15 is 0 Å². The van der Waals surface area contributed by atoms with Gasteiger partial charge in [0.15, 0.2) is 0 Å². The van der Waals surface area contributed by atoms with Gasteiger partial charge in [-0.2, -0.15) is 0 Å². The quantitative estimate of drug-likeness (QED) is 0.620. The van der Waals surface area contributed by atoms with Gasteiger partial charge < -0.3 is 9.47 Å². The van der Waals surface area contributed by atoms with Crippen molar-refractivity contribution < 1.29 is 9.47 Å². The Morgan fingerprint density at radius 1 is 1.40 bits per heavy atom. The first kappa shape index (κ1) is 15.3. The summed E-state index contributed by atoms with van der Waals surface area (Å²) in [5, 5.41) is 0. The van der Waals surface area contributed by atoms with E-state index in [-0.39, 0.29) is 12.1 Å². The molecule has 4 nitrogen and oxygen atoms in total. The van der Waals surface area contributed by atoms with Gasteiger partial charge in [0.05, 0.1) is 12.7 Å². The van der Waals surface area contributed by atoms with E-state index < -0.39 is 0 Å². The molecule has 1 aromatic rings. The number of fused-ring (bicyclic) bond motifs is 1. The molecule has 0 saturated carbocycles. The average Bonchev–Trinajstić information content (AvgIpc) is 2.46.